The van der Waals surface area contributed by atoms with Crippen LogP contribution in [0.5, 0.6) is 0 Å². The van der Waals surface area contributed by atoms with Crippen molar-refractivity contribution >= 4 is 41.0 Å². The van der Waals surface area contributed by atoms with Crippen LogP contribution in [0.4, 0.5) is 0 Å². The molecule has 0 heterocycles. The van der Waals surface area contributed by atoms with Crippen LogP contribution in [0.1, 0.15) is 173 Å². The van der Waals surface area contributed by atoms with Crippen molar-refractivity contribution in [2.45, 2.75) is 163 Å². The van der Waals surface area contributed by atoms with Crippen LogP contribution in [0.3, 0.4) is 0 Å². The lowest BCUT2D eigenvalue weighted by Crippen LogP contribution is -2.16. The number of ketones is 6. The van der Waals surface area contributed by atoms with Gasteiger partial charge in [-0.3, -0.25) is 28.8 Å². The Morgan fingerprint density at radius 1 is 0.542 bits per heavy atom. The van der Waals surface area contributed by atoms with Crippen molar-refractivity contribution in [3.63, 3.8) is 0 Å². The molecule has 0 aliphatic heterocycles. The Labute approximate surface area is 361 Å². The Bertz CT molecular complexity index is 1400. The third-order valence-electron chi connectivity index (χ3n) is 8.99. The molecule has 0 spiro atoms. The molecule has 1 saturated carbocycles. The summed E-state index contributed by atoms with van der Waals surface area (Å²) < 4.78 is 0. The van der Waals surface area contributed by atoms with E-state index in [0.29, 0.717) is 41.9 Å². The highest BCUT2D eigenvalue weighted by atomic mass is 16.1. The third kappa shape index (κ3) is 36.9. The summed E-state index contributed by atoms with van der Waals surface area (Å²) in [6, 6.07) is 19.2. The second-order valence-electron chi connectivity index (χ2n) is 17.5. The number of aldehydes is 1. The van der Waals surface area contributed by atoms with Gasteiger partial charge in [0.1, 0.15) is 35.2 Å². The van der Waals surface area contributed by atoms with E-state index in [1.165, 1.54) is 12.8 Å². The Hall–Kier alpha value is -3.87. The Morgan fingerprint density at radius 2 is 0.915 bits per heavy atom. The summed E-state index contributed by atoms with van der Waals surface area (Å²) in [5.41, 5.74) is 1.92. The highest BCUT2D eigenvalue weighted by Gasteiger charge is 2.24. The minimum Gasteiger partial charge on any atom is -0.303 e. The number of carbonyl (C=O) groups is 7. The molecule has 59 heavy (non-hydrogen) atoms. The summed E-state index contributed by atoms with van der Waals surface area (Å²) in [4.78, 5) is 75.0. The van der Waals surface area contributed by atoms with E-state index < -0.39 is 0 Å². The maximum Gasteiger partial charge on any atom is 0.165 e. The molecule has 0 aromatic heterocycles. The second-order valence-corrected chi connectivity index (χ2v) is 17.5. The van der Waals surface area contributed by atoms with Gasteiger partial charge in [-0.1, -0.05) is 191 Å². The number of rotatable bonds is 13. The first-order chi connectivity index (χ1) is 27.3. The van der Waals surface area contributed by atoms with Crippen LogP contribution < -0.4 is 0 Å². The third-order valence-corrected chi connectivity index (χ3v) is 8.99. The van der Waals surface area contributed by atoms with Gasteiger partial charge in [0, 0.05) is 71.7 Å². The van der Waals surface area contributed by atoms with Gasteiger partial charge in [-0.15, -0.1) is 0 Å². The standard InChI is InChI=1S/C11H14O.C10H12O.C9H16O.C7H14O.C6H12O.C5H10O.C4H8O/c1-9(2)11(12)8-10-6-4-3-5-7-10;1-8(2)10(11)9-6-4-3-5-7-9;1-7(2)9(10)8-5-3-4-6-8;1-5(2)7(8)6(3)4;1-4-6(7)5(2)3;1-4(2)5(3)6;1-4(2)3-5/h3-7,9H,8H2,1-2H3;3-8H,1-2H3;7-8H,3-6H2,1-2H3;5-6H,1-4H3;5H,4H2,1-3H3;4H,1-3H3;3-4H,1-2H3. The van der Waals surface area contributed by atoms with E-state index >= 15 is 0 Å². The van der Waals surface area contributed by atoms with Crippen molar-refractivity contribution in [2.24, 2.45) is 53.3 Å². The van der Waals surface area contributed by atoms with E-state index in [-0.39, 0.29) is 58.9 Å². The fraction of sp³-hybridized carbons (Fsp3) is 0.635. The summed E-state index contributed by atoms with van der Waals surface area (Å²) in [5.74, 6) is 3.92. The zero-order valence-corrected chi connectivity index (χ0v) is 40.6. The highest BCUT2D eigenvalue weighted by Crippen LogP contribution is 2.27. The zero-order valence-electron chi connectivity index (χ0n) is 40.6. The van der Waals surface area contributed by atoms with Crippen molar-refractivity contribution in [3.8, 4) is 0 Å². The van der Waals surface area contributed by atoms with Crippen molar-refractivity contribution in [2.75, 3.05) is 0 Å². The zero-order chi connectivity index (χ0) is 46.8. The lowest BCUT2D eigenvalue weighted by atomic mass is 9.94. The van der Waals surface area contributed by atoms with Gasteiger partial charge in [0.15, 0.2) is 5.78 Å². The number of carbonyl (C=O) groups excluding carboxylic acids is 7. The minimum absolute atomic E-state index is 0.0948. The lowest BCUT2D eigenvalue weighted by Gasteiger charge is -2.09. The quantitative estimate of drug-likeness (QED) is 0.146. The van der Waals surface area contributed by atoms with E-state index in [1.807, 2.05) is 178 Å². The Balaban J connectivity index is -0.000000305. The molecule has 0 bridgehead atoms. The van der Waals surface area contributed by atoms with Gasteiger partial charge in [0.2, 0.25) is 0 Å². The number of hydrogen-bond acceptors (Lipinski definition) is 7. The summed E-state index contributed by atoms with van der Waals surface area (Å²) in [6.45, 7) is 34.3. The smallest absolute Gasteiger partial charge is 0.165 e. The molecule has 2 aromatic carbocycles. The van der Waals surface area contributed by atoms with E-state index in [9.17, 15) is 33.6 Å². The fourth-order valence-electron chi connectivity index (χ4n) is 4.69. The van der Waals surface area contributed by atoms with Crippen molar-refractivity contribution in [3.05, 3.63) is 71.8 Å². The molecule has 3 rings (SSSR count). The molecule has 1 aliphatic carbocycles. The van der Waals surface area contributed by atoms with Crippen LogP contribution >= 0.6 is 0 Å². The van der Waals surface area contributed by atoms with Gasteiger partial charge in [0.05, 0.1) is 0 Å². The van der Waals surface area contributed by atoms with Crippen LogP contribution in [0.25, 0.3) is 0 Å². The van der Waals surface area contributed by atoms with Gasteiger partial charge in [-0.25, -0.2) is 0 Å². The maximum absolute atomic E-state index is 11.3. The van der Waals surface area contributed by atoms with Crippen molar-refractivity contribution in [1.29, 1.82) is 0 Å². The first-order valence-electron chi connectivity index (χ1n) is 22.0. The van der Waals surface area contributed by atoms with E-state index in [0.717, 1.165) is 30.3 Å². The predicted molar refractivity (Wildman–Crippen MR) is 249 cm³/mol. The van der Waals surface area contributed by atoms with Crippen LogP contribution in [0.2, 0.25) is 0 Å². The van der Waals surface area contributed by atoms with E-state index in [4.69, 9.17) is 0 Å². The molecule has 7 nitrogen and oxygen atoms in total. The number of hydrogen-bond donors (Lipinski definition) is 0. The van der Waals surface area contributed by atoms with Crippen LogP contribution in [0, 0.1) is 53.3 Å². The normalized spacial score (nSPS) is 11.7. The topological polar surface area (TPSA) is 119 Å². The average molecular weight is 823 g/mol. The van der Waals surface area contributed by atoms with Gasteiger partial charge in [0.25, 0.3) is 0 Å². The van der Waals surface area contributed by atoms with Crippen LogP contribution in [-0.2, 0) is 35.2 Å². The summed E-state index contributed by atoms with van der Waals surface area (Å²) in [7, 11) is 0. The second kappa shape index (κ2) is 37.2. The average Bonchev–Trinajstić information content (AvgIpc) is 3.74. The van der Waals surface area contributed by atoms with E-state index in [1.54, 1.807) is 6.92 Å². The first kappa shape index (κ1) is 61.8. The molecule has 1 fully saturated rings. The number of Topliss-reactive ketones (excluding diaryl/α,β-unsaturated/α-hetero) is 6. The molecule has 2 aromatic rings. The summed E-state index contributed by atoms with van der Waals surface area (Å²) in [6.07, 6.45) is 7.00. The molecule has 336 valence electrons. The van der Waals surface area contributed by atoms with Gasteiger partial charge < -0.3 is 4.79 Å². The predicted octanol–water partition coefficient (Wildman–Crippen LogP) is 12.9. The molecule has 1 aliphatic rings. The monoisotopic (exact) mass is 823 g/mol. The fourth-order valence-corrected chi connectivity index (χ4v) is 4.69. The largest absolute Gasteiger partial charge is 0.303 e. The molecule has 7 heteroatoms. The SMILES string of the molecule is CC(=O)C(C)C.CC(C)C(=O)C(C)C.CC(C)C(=O)C1CCCC1.CC(C)C(=O)Cc1ccccc1.CC(C)C(=O)c1ccccc1.CC(C)C=O.CCC(=O)C(C)C. The van der Waals surface area contributed by atoms with Gasteiger partial charge in [-0.05, 0) is 25.3 Å². The molecule has 0 unspecified atom stereocenters. The van der Waals surface area contributed by atoms with E-state index in [2.05, 4.69) is 0 Å². The molecule has 0 atom stereocenters. The minimum atomic E-state index is 0.0948. The molecule has 0 amide bonds. The highest BCUT2D eigenvalue weighted by molar-refractivity contribution is 5.97. The van der Waals surface area contributed by atoms with Gasteiger partial charge in [-0.2, -0.15) is 0 Å². The molecule has 0 N–H and O–H groups in total. The molecular formula is C52H86O7. The van der Waals surface area contributed by atoms with Crippen molar-refractivity contribution < 1.29 is 33.6 Å². The first-order valence-corrected chi connectivity index (χ1v) is 22.0. The summed E-state index contributed by atoms with van der Waals surface area (Å²) in [5, 5.41) is 0. The number of benzene rings is 2. The molecule has 0 radical (unpaired) electrons. The molecular weight excluding hydrogens is 737 g/mol. The summed E-state index contributed by atoms with van der Waals surface area (Å²) >= 11 is 0. The van der Waals surface area contributed by atoms with Crippen molar-refractivity contribution in [1.82, 2.24) is 0 Å². The molecule has 0 saturated heterocycles. The Kier molecular flexibility index (Phi) is 38.9. The van der Waals surface area contributed by atoms with Gasteiger partial charge >= 0.3 is 0 Å². The van der Waals surface area contributed by atoms with Crippen LogP contribution in [-0.4, -0.2) is 41.0 Å². The maximum atomic E-state index is 11.3. The van der Waals surface area contributed by atoms with Crippen LogP contribution in [0.15, 0.2) is 60.7 Å². The lowest BCUT2D eigenvalue weighted by molar-refractivity contribution is -0.126. The Morgan fingerprint density at radius 3 is 1.15 bits per heavy atom.